The molecule has 0 heterocycles. The third-order valence-corrected chi connectivity index (χ3v) is 4.21. The monoisotopic (exact) mass is 373 g/mol. The molecule has 0 aliphatic rings. The fourth-order valence-electron chi connectivity index (χ4n) is 2.34. The predicted octanol–water partition coefficient (Wildman–Crippen LogP) is 5.13. The van der Waals surface area contributed by atoms with Crippen LogP contribution in [0.1, 0.15) is 37.9 Å². The summed E-state index contributed by atoms with van der Waals surface area (Å²) in [4.78, 5) is 24.2. The molecule has 26 heavy (non-hydrogen) atoms. The van der Waals surface area contributed by atoms with Crippen molar-refractivity contribution in [3.05, 3.63) is 58.6 Å². The van der Waals surface area contributed by atoms with Gasteiger partial charge in [0.15, 0.2) is 0 Å². The van der Waals surface area contributed by atoms with Crippen LogP contribution in [0.4, 0.5) is 16.2 Å². The Balaban J connectivity index is 2.05. The molecule has 0 aromatic heterocycles. The molecule has 0 saturated carbocycles. The lowest BCUT2D eigenvalue weighted by Crippen LogP contribution is -2.31. The maximum Gasteiger partial charge on any atom is 0.319 e. The fourth-order valence-corrected chi connectivity index (χ4v) is 2.53. The molecule has 0 bridgehead atoms. The van der Waals surface area contributed by atoms with Crippen molar-refractivity contribution in [2.45, 2.75) is 33.7 Å². The van der Waals surface area contributed by atoms with Gasteiger partial charge in [0.2, 0.25) is 5.91 Å². The zero-order chi connectivity index (χ0) is 19.3. The van der Waals surface area contributed by atoms with Crippen molar-refractivity contribution in [2.75, 3.05) is 10.6 Å². The summed E-state index contributed by atoms with van der Waals surface area (Å²) in [5.74, 6) is -0.187. The van der Waals surface area contributed by atoms with Crippen molar-refractivity contribution in [3.8, 4) is 0 Å². The van der Waals surface area contributed by atoms with E-state index in [1.807, 2.05) is 58.0 Å². The van der Waals surface area contributed by atoms with Gasteiger partial charge < -0.3 is 16.0 Å². The normalized spacial score (nSPS) is 11.8. The van der Waals surface area contributed by atoms with Crippen molar-refractivity contribution in [1.29, 1.82) is 0 Å². The Morgan fingerprint density at radius 2 is 1.73 bits per heavy atom. The minimum Gasteiger partial charge on any atom is -0.331 e. The number of amides is 3. The molecule has 3 amide bonds. The van der Waals surface area contributed by atoms with Crippen LogP contribution in [0.15, 0.2) is 42.5 Å². The Labute approximate surface area is 159 Å². The summed E-state index contributed by atoms with van der Waals surface area (Å²) < 4.78 is 0. The summed E-state index contributed by atoms with van der Waals surface area (Å²) in [7, 11) is 0. The van der Waals surface area contributed by atoms with Gasteiger partial charge in [-0.05, 0) is 49.2 Å². The average Bonchev–Trinajstić information content (AvgIpc) is 2.57. The van der Waals surface area contributed by atoms with Gasteiger partial charge in [-0.3, -0.25) is 4.79 Å². The van der Waals surface area contributed by atoms with E-state index >= 15 is 0 Å². The number of nitrogens with one attached hydrogen (secondary N) is 3. The first-order valence-electron chi connectivity index (χ1n) is 8.50. The van der Waals surface area contributed by atoms with Crippen LogP contribution in [0.25, 0.3) is 0 Å². The van der Waals surface area contributed by atoms with E-state index in [0.29, 0.717) is 16.4 Å². The first kappa shape index (κ1) is 19.8. The van der Waals surface area contributed by atoms with Gasteiger partial charge in [0.1, 0.15) is 0 Å². The number of anilines is 2. The van der Waals surface area contributed by atoms with E-state index in [2.05, 4.69) is 16.0 Å². The number of aryl methyl sites for hydroxylation is 1. The molecule has 0 unspecified atom stereocenters. The molecule has 3 N–H and O–H groups in total. The largest absolute Gasteiger partial charge is 0.331 e. The summed E-state index contributed by atoms with van der Waals surface area (Å²) in [6.45, 7) is 7.43. The maximum atomic E-state index is 12.3. The summed E-state index contributed by atoms with van der Waals surface area (Å²) in [6, 6.07) is 12.3. The quantitative estimate of drug-likeness (QED) is 0.680. The zero-order valence-electron chi connectivity index (χ0n) is 15.4. The number of rotatable bonds is 5. The highest BCUT2D eigenvalue weighted by Gasteiger charge is 2.12. The molecular formula is C20H24ClN3O2. The SMILES string of the molecule is Cc1ccc(NC(=O)C(C)C)cc1NC(=O)N[C@@H](C)c1cccc(Cl)c1. The van der Waals surface area contributed by atoms with Crippen LogP contribution in [0.3, 0.4) is 0 Å². The molecule has 138 valence electrons. The molecule has 2 rings (SSSR count). The minimum absolute atomic E-state index is 0.0705. The molecule has 0 aliphatic heterocycles. The second-order valence-electron chi connectivity index (χ2n) is 6.55. The Bertz CT molecular complexity index is 805. The molecule has 0 radical (unpaired) electrons. The van der Waals surface area contributed by atoms with E-state index < -0.39 is 0 Å². The molecule has 2 aromatic rings. The van der Waals surface area contributed by atoms with Crippen molar-refractivity contribution < 1.29 is 9.59 Å². The number of hydrogen-bond donors (Lipinski definition) is 3. The van der Waals surface area contributed by atoms with Crippen molar-refractivity contribution in [1.82, 2.24) is 5.32 Å². The number of carbonyl (C=O) groups is 2. The Morgan fingerprint density at radius 3 is 2.38 bits per heavy atom. The van der Waals surface area contributed by atoms with Crippen molar-refractivity contribution in [2.24, 2.45) is 5.92 Å². The predicted molar refractivity (Wildman–Crippen MR) is 107 cm³/mol. The van der Waals surface area contributed by atoms with E-state index in [1.54, 1.807) is 12.1 Å². The highest BCUT2D eigenvalue weighted by atomic mass is 35.5. The Kier molecular flexibility index (Phi) is 6.64. The van der Waals surface area contributed by atoms with Gasteiger partial charge in [-0.1, -0.05) is 43.6 Å². The molecule has 6 heteroatoms. The second kappa shape index (κ2) is 8.72. The van der Waals surface area contributed by atoms with E-state index in [4.69, 9.17) is 11.6 Å². The standard InChI is InChI=1S/C20H24ClN3O2/c1-12(2)19(25)23-17-9-8-13(3)18(11-17)24-20(26)22-14(4)15-6-5-7-16(21)10-15/h5-12,14H,1-4H3,(H,23,25)(H2,22,24,26)/t14-/m0/s1. The van der Waals surface area contributed by atoms with Crippen molar-refractivity contribution in [3.63, 3.8) is 0 Å². The van der Waals surface area contributed by atoms with E-state index in [-0.39, 0.29) is 23.9 Å². The van der Waals surface area contributed by atoms with Crippen molar-refractivity contribution >= 4 is 34.9 Å². The van der Waals surface area contributed by atoms with E-state index in [1.165, 1.54) is 0 Å². The number of urea groups is 1. The van der Waals surface area contributed by atoms with Gasteiger partial charge in [-0.2, -0.15) is 0 Å². The molecule has 0 spiro atoms. The smallest absolute Gasteiger partial charge is 0.319 e. The third kappa shape index (κ3) is 5.49. The number of benzene rings is 2. The average molecular weight is 374 g/mol. The summed E-state index contributed by atoms with van der Waals surface area (Å²) >= 11 is 5.99. The van der Waals surface area contributed by atoms with Crippen LogP contribution in [0, 0.1) is 12.8 Å². The van der Waals surface area contributed by atoms with Crippen LogP contribution >= 0.6 is 11.6 Å². The number of hydrogen-bond acceptors (Lipinski definition) is 2. The molecule has 2 aromatic carbocycles. The van der Waals surface area contributed by atoms with Gasteiger partial charge in [-0.25, -0.2) is 4.79 Å². The first-order chi connectivity index (χ1) is 12.3. The fraction of sp³-hybridized carbons (Fsp3) is 0.300. The van der Waals surface area contributed by atoms with Crippen LogP contribution in [0.5, 0.6) is 0 Å². The van der Waals surface area contributed by atoms with Crippen LogP contribution in [-0.2, 0) is 4.79 Å². The highest BCUT2D eigenvalue weighted by Crippen LogP contribution is 2.22. The molecule has 5 nitrogen and oxygen atoms in total. The van der Waals surface area contributed by atoms with Crippen LogP contribution in [0.2, 0.25) is 5.02 Å². The molecule has 0 fully saturated rings. The molecule has 0 aliphatic carbocycles. The second-order valence-corrected chi connectivity index (χ2v) is 6.99. The van der Waals surface area contributed by atoms with Gasteiger partial charge in [0.25, 0.3) is 0 Å². The number of halogens is 1. The Morgan fingerprint density at radius 1 is 1.00 bits per heavy atom. The van der Waals surface area contributed by atoms with Crippen LogP contribution in [-0.4, -0.2) is 11.9 Å². The maximum absolute atomic E-state index is 12.3. The van der Waals surface area contributed by atoms with Gasteiger partial charge >= 0.3 is 6.03 Å². The summed E-state index contributed by atoms with van der Waals surface area (Å²) in [5, 5.41) is 9.17. The highest BCUT2D eigenvalue weighted by molar-refractivity contribution is 6.30. The van der Waals surface area contributed by atoms with Gasteiger partial charge in [-0.15, -0.1) is 0 Å². The lowest BCUT2D eigenvalue weighted by Gasteiger charge is -2.17. The van der Waals surface area contributed by atoms with E-state index in [9.17, 15) is 9.59 Å². The lowest BCUT2D eigenvalue weighted by atomic mass is 10.1. The minimum atomic E-state index is -0.326. The lowest BCUT2D eigenvalue weighted by molar-refractivity contribution is -0.118. The molecular weight excluding hydrogens is 350 g/mol. The van der Waals surface area contributed by atoms with Gasteiger partial charge in [0, 0.05) is 22.3 Å². The molecule has 1 atom stereocenters. The molecule has 0 saturated heterocycles. The topological polar surface area (TPSA) is 70.2 Å². The third-order valence-electron chi connectivity index (χ3n) is 3.97. The Hall–Kier alpha value is -2.53. The van der Waals surface area contributed by atoms with Gasteiger partial charge in [0.05, 0.1) is 6.04 Å². The first-order valence-corrected chi connectivity index (χ1v) is 8.88. The van der Waals surface area contributed by atoms with E-state index in [0.717, 1.165) is 11.1 Å². The van der Waals surface area contributed by atoms with Crippen LogP contribution < -0.4 is 16.0 Å². The summed E-state index contributed by atoms with van der Waals surface area (Å²) in [5.41, 5.74) is 3.11. The number of carbonyl (C=O) groups excluding carboxylic acids is 2. The summed E-state index contributed by atoms with van der Waals surface area (Å²) in [6.07, 6.45) is 0. The zero-order valence-corrected chi connectivity index (χ0v) is 16.1.